The van der Waals surface area contributed by atoms with Crippen molar-refractivity contribution >= 4 is 52.4 Å². The van der Waals surface area contributed by atoms with Crippen molar-refractivity contribution in [1.82, 2.24) is 9.71 Å². The van der Waals surface area contributed by atoms with Gasteiger partial charge in [0.2, 0.25) is 0 Å². The van der Waals surface area contributed by atoms with Crippen LogP contribution in [0.15, 0.2) is 30.3 Å². The van der Waals surface area contributed by atoms with Crippen LogP contribution in [0.5, 0.6) is 0 Å². The van der Waals surface area contributed by atoms with Crippen molar-refractivity contribution in [3.63, 3.8) is 0 Å². The van der Waals surface area contributed by atoms with E-state index in [9.17, 15) is 9.18 Å². The second-order valence-electron chi connectivity index (χ2n) is 9.16. The van der Waals surface area contributed by atoms with Crippen molar-refractivity contribution < 1.29 is 13.9 Å². The summed E-state index contributed by atoms with van der Waals surface area (Å²) in [7, 11) is 1.72. The van der Waals surface area contributed by atoms with Gasteiger partial charge in [0.25, 0.3) is 5.91 Å². The van der Waals surface area contributed by atoms with Crippen LogP contribution in [-0.2, 0) is 4.74 Å². The smallest absolute Gasteiger partial charge is 0.279 e. The van der Waals surface area contributed by atoms with E-state index in [1.54, 1.807) is 25.3 Å². The van der Waals surface area contributed by atoms with Crippen LogP contribution in [0.3, 0.4) is 0 Å². The van der Waals surface area contributed by atoms with Gasteiger partial charge in [-0.1, -0.05) is 25.8 Å². The van der Waals surface area contributed by atoms with Crippen molar-refractivity contribution in [2.24, 2.45) is 11.8 Å². The lowest BCUT2D eigenvalue weighted by atomic mass is 9.94. The van der Waals surface area contributed by atoms with E-state index in [2.05, 4.69) is 19.9 Å². The molecule has 1 aromatic heterocycles. The number of hydrogen-bond donors (Lipinski definition) is 3. The van der Waals surface area contributed by atoms with Crippen molar-refractivity contribution in [2.75, 3.05) is 48.7 Å². The van der Waals surface area contributed by atoms with Gasteiger partial charge in [-0.2, -0.15) is 0 Å². The highest BCUT2D eigenvalue weighted by Gasteiger charge is 2.27. The van der Waals surface area contributed by atoms with Gasteiger partial charge in [0.05, 0.1) is 11.3 Å². The van der Waals surface area contributed by atoms with E-state index in [1.807, 2.05) is 13.8 Å². The topological polar surface area (TPSA) is 90.3 Å². The van der Waals surface area contributed by atoms with Gasteiger partial charge >= 0.3 is 0 Å². The van der Waals surface area contributed by atoms with Crippen LogP contribution < -0.4 is 14.9 Å². The molecule has 3 N–H and O–H groups in total. The molecule has 1 amide bonds. The first kappa shape index (κ1) is 28.2. The molecule has 0 atom stereocenters. The zero-order valence-electron chi connectivity index (χ0n) is 21.1. The summed E-state index contributed by atoms with van der Waals surface area (Å²) in [4.78, 5) is 19.9. The first-order chi connectivity index (χ1) is 17.3. The maximum Gasteiger partial charge on any atom is 0.279 e. The molecule has 1 fully saturated rings. The third-order valence-electron chi connectivity index (χ3n) is 6.09. The maximum atomic E-state index is 13.5. The number of rotatable bonds is 12. The number of alkyl halides is 1. The number of amides is 1. The number of piperidine rings is 1. The number of benzene rings is 1. The number of methoxy groups -OCH3 is 1. The summed E-state index contributed by atoms with van der Waals surface area (Å²) >= 11 is 7.05. The second kappa shape index (κ2) is 13.8. The molecular weight excluding hydrogens is 501 g/mol. The number of anilines is 3. The van der Waals surface area contributed by atoms with Gasteiger partial charge < -0.3 is 20.4 Å². The summed E-state index contributed by atoms with van der Waals surface area (Å²) in [5.74, 6) is 1.41. The normalized spacial score (nSPS) is 14.2. The summed E-state index contributed by atoms with van der Waals surface area (Å²) in [6.07, 6.45) is 2.70. The van der Waals surface area contributed by atoms with Crippen LogP contribution in [0.1, 0.15) is 49.2 Å². The number of pyridine rings is 1. The molecule has 3 rings (SSSR count). The standard InChI is InChI=1S/C26H35ClFN5O2S/c1-17(2)24(29)23-22(33-12-9-18(10-13-33)16-35-3)15-21(26(34)32-36-14-4-11-27)31-25(23)30-20-7-5-19(28)6-8-20/h5-8,15,17-18,29H,4,9-14,16H2,1-3H3,(H,30,31)(H,32,34). The molecule has 0 saturated carbocycles. The molecule has 0 radical (unpaired) electrons. The molecule has 1 saturated heterocycles. The Morgan fingerprint density at radius 2 is 2.00 bits per heavy atom. The molecule has 0 unspecified atom stereocenters. The molecule has 0 spiro atoms. The fourth-order valence-corrected chi connectivity index (χ4v) is 5.00. The minimum absolute atomic E-state index is 0.0591. The first-order valence-electron chi connectivity index (χ1n) is 12.2. The average molecular weight is 536 g/mol. The largest absolute Gasteiger partial charge is 0.384 e. The number of nitrogens with zero attached hydrogens (tertiary/aromatic N) is 2. The van der Waals surface area contributed by atoms with Crippen LogP contribution in [0, 0.1) is 23.1 Å². The predicted molar refractivity (Wildman–Crippen MR) is 148 cm³/mol. The summed E-state index contributed by atoms with van der Waals surface area (Å²) < 4.78 is 21.7. The van der Waals surface area contributed by atoms with E-state index in [0.717, 1.165) is 44.6 Å². The Hall–Kier alpha value is -2.36. The van der Waals surface area contributed by atoms with Gasteiger partial charge in [-0.3, -0.25) is 9.52 Å². The lowest BCUT2D eigenvalue weighted by Gasteiger charge is -2.35. The number of ether oxygens (including phenoxy) is 1. The molecule has 1 aliphatic rings. The van der Waals surface area contributed by atoms with Gasteiger partial charge in [-0.15, -0.1) is 11.6 Å². The predicted octanol–water partition coefficient (Wildman–Crippen LogP) is 5.86. The highest BCUT2D eigenvalue weighted by Crippen LogP contribution is 2.34. The van der Waals surface area contributed by atoms with Gasteiger partial charge in [-0.25, -0.2) is 9.37 Å². The second-order valence-corrected chi connectivity index (χ2v) is 10.4. The van der Waals surface area contributed by atoms with Crippen LogP contribution in [0.2, 0.25) is 0 Å². The first-order valence-corrected chi connectivity index (χ1v) is 13.7. The molecule has 0 aliphatic carbocycles. The molecule has 0 bridgehead atoms. The van der Waals surface area contributed by atoms with Crippen LogP contribution in [0.4, 0.5) is 21.6 Å². The Kier molecular flexibility index (Phi) is 10.8. The molecule has 36 heavy (non-hydrogen) atoms. The van der Waals surface area contributed by atoms with E-state index >= 15 is 0 Å². The fraction of sp³-hybridized carbons (Fsp3) is 0.500. The zero-order chi connectivity index (χ0) is 26.1. The molecule has 1 aromatic carbocycles. The lowest BCUT2D eigenvalue weighted by molar-refractivity contribution is 0.0979. The Balaban J connectivity index is 2.03. The molecule has 10 heteroatoms. The average Bonchev–Trinajstić information content (AvgIpc) is 2.87. The van der Waals surface area contributed by atoms with E-state index < -0.39 is 0 Å². The minimum atomic E-state index is -0.342. The Morgan fingerprint density at radius 1 is 1.31 bits per heavy atom. The molecule has 7 nitrogen and oxygen atoms in total. The number of halogens is 2. The summed E-state index contributed by atoms with van der Waals surface area (Å²) in [6, 6.07) is 7.74. The molecule has 2 aromatic rings. The van der Waals surface area contributed by atoms with E-state index in [4.69, 9.17) is 21.7 Å². The molecule has 196 valence electrons. The summed E-state index contributed by atoms with van der Waals surface area (Å²) in [5, 5.41) is 12.2. The van der Waals surface area contributed by atoms with Crippen LogP contribution in [0.25, 0.3) is 0 Å². The Morgan fingerprint density at radius 3 is 2.61 bits per heavy atom. The van der Waals surface area contributed by atoms with Gasteiger partial charge in [0.15, 0.2) is 0 Å². The van der Waals surface area contributed by atoms with E-state index in [0.29, 0.717) is 40.3 Å². The highest BCUT2D eigenvalue weighted by atomic mass is 35.5. The summed E-state index contributed by atoms with van der Waals surface area (Å²) in [6.45, 7) is 6.23. The zero-order valence-corrected chi connectivity index (χ0v) is 22.6. The van der Waals surface area contributed by atoms with Gasteiger partial charge in [-0.05, 0) is 61.4 Å². The lowest BCUT2D eigenvalue weighted by Crippen LogP contribution is -2.36. The van der Waals surface area contributed by atoms with Crippen molar-refractivity contribution in [1.29, 1.82) is 5.41 Å². The highest BCUT2D eigenvalue weighted by molar-refractivity contribution is 7.97. The Labute approximate surface area is 222 Å². The maximum absolute atomic E-state index is 13.5. The van der Waals surface area contributed by atoms with Gasteiger partial charge in [0.1, 0.15) is 17.3 Å². The summed E-state index contributed by atoms with van der Waals surface area (Å²) in [5.41, 5.74) is 2.77. The SMILES string of the molecule is COCC1CCN(c2cc(C(=O)NSCCCCl)nc(Nc3ccc(F)cc3)c2C(=N)C(C)C)CC1. The third kappa shape index (κ3) is 7.57. The molecule has 1 aliphatic heterocycles. The van der Waals surface area contributed by atoms with Gasteiger partial charge in [0, 0.05) is 49.8 Å². The number of hydrogen-bond acceptors (Lipinski definition) is 7. The number of aromatic nitrogens is 1. The third-order valence-corrected chi connectivity index (χ3v) is 7.18. The molecule has 2 heterocycles. The number of carbonyl (C=O) groups excluding carboxylic acids is 1. The minimum Gasteiger partial charge on any atom is -0.384 e. The van der Waals surface area contributed by atoms with E-state index in [-0.39, 0.29) is 23.3 Å². The Bertz CT molecular complexity index is 1030. The number of carbonyl (C=O) groups is 1. The monoisotopic (exact) mass is 535 g/mol. The van der Waals surface area contributed by atoms with Crippen molar-refractivity contribution in [3.05, 3.63) is 47.4 Å². The van der Waals surface area contributed by atoms with Crippen LogP contribution in [-0.4, -0.2) is 55.0 Å². The molecular formula is C26H35ClFN5O2S. The van der Waals surface area contributed by atoms with E-state index in [1.165, 1.54) is 24.1 Å². The van der Waals surface area contributed by atoms with Crippen molar-refractivity contribution in [2.45, 2.75) is 33.1 Å². The number of nitrogens with one attached hydrogen (secondary N) is 3. The quantitative estimate of drug-likeness (QED) is 0.136. The van der Waals surface area contributed by atoms with Crippen LogP contribution >= 0.6 is 23.5 Å². The fourth-order valence-electron chi connectivity index (χ4n) is 4.08. The van der Waals surface area contributed by atoms with Crippen molar-refractivity contribution in [3.8, 4) is 0 Å².